The lowest BCUT2D eigenvalue weighted by molar-refractivity contribution is -0.130. The topological polar surface area (TPSA) is 57.5 Å². The van der Waals surface area contributed by atoms with Crippen LogP contribution in [-0.4, -0.2) is 33.6 Å². The van der Waals surface area contributed by atoms with Crippen LogP contribution in [0.2, 0.25) is 0 Å². The van der Waals surface area contributed by atoms with Gasteiger partial charge in [0.1, 0.15) is 6.04 Å². The highest BCUT2D eigenvalue weighted by atomic mass is 16.2. The average molecular weight is 473 g/mol. The van der Waals surface area contributed by atoms with Crippen LogP contribution in [0.25, 0.3) is 0 Å². The number of hydrogen-bond donors (Lipinski definition) is 0. The van der Waals surface area contributed by atoms with Gasteiger partial charge in [0.15, 0.2) is 0 Å². The minimum absolute atomic E-state index is 0.158. The van der Waals surface area contributed by atoms with Crippen LogP contribution in [0.5, 0.6) is 0 Å². The summed E-state index contributed by atoms with van der Waals surface area (Å²) in [6.45, 7) is 0. The number of carbonyl (C=O) groups excluding carboxylic acids is 3. The third kappa shape index (κ3) is 3.69. The maximum Gasteiger partial charge on any atom is 0.262 e. The van der Waals surface area contributed by atoms with Crippen LogP contribution in [0.4, 0.5) is 0 Å². The fourth-order valence-electron chi connectivity index (χ4n) is 5.28. The first-order chi connectivity index (χ1) is 17.6. The average Bonchev–Trinajstić information content (AvgIpc) is 3.64. The number of hydrogen-bond acceptors (Lipinski definition) is 3. The number of amides is 3. The SMILES string of the molecule is O=C1c2ccccc2C(=O)N1[C@@H](Cc1ccccc1)C(=O)N1[C@@H](c2ccccc2)[C@@H]1c1ccccc1. The Hall–Kier alpha value is -4.51. The van der Waals surface area contributed by atoms with Gasteiger partial charge in [0.25, 0.3) is 11.8 Å². The summed E-state index contributed by atoms with van der Waals surface area (Å²) in [5, 5.41) is 0. The smallest absolute Gasteiger partial charge is 0.262 e. The summed E-state index contributed by atoms with van der Waals surface area (Å²) >= 11 is 0. The Kier molecular flexibility index (Phi) is 5.45. The van der Waals surface area contributed by atoms with E-state index in [1.54, 1.807) is 24.3 Å². The highest BCUT2D eigenvalue weighted by molar-refractivity contribution is 6.23. The summed E-state index contributed by atoms with van der Waals surface area (Å²) in [6, 6.07) is 34.9. The standard InChI is InChI=1S/C31H24N2O3/c34-29-24-18-10-11-19-25(24)30(35)32(29)26(20-21-12-4-1-5-13-21)31(36)33-27(22-14-6-2-7-15-22)28(33)23-16-8-3-9-17-23/h1-19,26-28H,20H2/t26-,27-,28-/m0/s1. The predicted octanol–water partition coefficient (Wildman–Crippen LogP) is 5.22. The van der Waals surface area contributed by atoms with Crippen LogP contribution in [0.15, 0.2) is 115 Å². The zero-order chi connectivity index (χ0) is 24.6. The van der Waals surface area contributed by atoms with Gasteiger partial charge in [-0.15, -0.1) is 0 Å². The van der Waals surface area contributed by atoms with E-state index in [9.17, 15) is 14.4 Å². The van der Waals surface area contributed by atoms with Gasteiger partial charge in [0.05, 0.1) is 23.2 Å². The number of carbonyl (C=O) groups is 3. The zero-order valence-corrected chi connectivity index (χ0v) is 19.5. The van der Waals surface area contributed by atoms with E-state index in [4.69, 9.17) is 0 Å². The summed E-state index contributed by atoms with van der Waals surface area (Å²) in [5.74, 6) is -1.06. The number of nitrogens with zero attached hydrogens (tertiary/aromatic N) is 2. The largest absolute Gasteiger partial charge is 0.322 e. The van der Waals surface area contributed by atoms with Crippen molar-refractivity contribution in [3.05, 3.63) is 143 Å². The molecule has 0 spiro atoms. The van der Waals surface area contributed by atoms with Crippen LogP contribution < -0.4 is 0 Å². The summed E-state index contributed by atoms with van der Waals surface area (Å²) in [5.41, 5.74) is 3.64. The van der Waals surface area contributed by atoms with E-state index in [1.165, 1.54) is 4.90 Å². The van der Waals surface area contributed by atoms with Crippen molar-refractivity contribution >= 4 is 17.7 Å². The zero-order valence-electron chi connectivity index (χ0n) is 19.5. The molecule has 2 aliphatic rings. The molecule has 6 rings (SSSR count). The Morgan fingerprint density at radius 3 is 1.50 bits per heavy atom. The van der Waals surface area contributed by atoms with E-state index in [0.29, 0.717) is 11.1 Å². The number of imide groups is 1. The van der Waals surface area contributed by atoms with E-state index in [-0.39, 0.29) is 24.4 Å². The Labute approximate surface area is 209 Å². The number of fused-ring (bicyclic) bond motifs is 1. The fraction of sp³-hybridized carbons (Fsp3) is 0.129. The number of benzene rings is 4. The summed E-state index contributed by atoms with van der Waals surface area (Å²) in [7, 11) is 0. The highest BCUT2D eigenvalue weighted by Gasteiger charge is 2.56. The Balaban J connectivity index is 1.40. The van der Waals surface area contributed by atoms with E-state index >= 15 is 0 Å². The molecule has 0 N–H and O–H groups in total. The molecule has 0 radical (unpaired) electrons. The first kappa shape index (κ1) is 22.0. The van der Waals surface area contributed by atoms with Gasteiger partial charge in [0.2, 0.25) is 5.91 Å². The van der Waals surface area contributed by atoms with Gasteiger partial charge in [-0.1, -0.05) is 103 Å². The first-order valence-electron chi connectivity index (χ1n) is 12.1. The Bertz CT molecular complexity index is 1360. The third-order valence-corrected chi connectivity index (χ3v) is 7.04. The lowest BCUT2D eigenvalue weighted by atomic mass is 10.0. The quantitative estimate of drug-likeness (QED) is 0.286. The van der Waals surface area contributed by atoms with Crippen molar-refractivity contribution in [3.63, 3.8) is 0 Å². The maximum absolute atomic E-state index is 14.3. The normalized spacial score (nSPS) is 19.2. The van der Waals surface area contributed by atoms with E-state index < -0.39 is 17.9 Å². The maximum atomic E-state index is 14.3. The Morgan fingerprint density at radius 2 is 1.03 bits per heavy atom. The molecule has 5 nitrogen and oxygen atoms in total. The van der Waals surface area contributed by atoms with Crippen molar-refractivity contribution in [1.29, 1.82) is 0 Å². The molecule has 36 heavy (non-hydrogen) atoms. The van der Waals surface area contributed by atoms with Crippen LogP contribution in [0, 0.1) is 0 Å². The molecule has 0 unspecified atom stereocenters. The summed E-state index contributed by atoms with van der Waals surface area (Å²) in [6.07, 6.45) is 0.255. The van der Waals surface area contributed by atoms with Crippen molar-refractivity contribution in [3.8, 4) is 0 Å². The molecule has 3 amide bonds. The molecule has 5 heteroatoms. The second-order valence-electron chi connectivity index (χ2n) is 9.19. The molecule has 0 aliphatic carbocycles. The molecule has 0 saturated carbocycles. The van der Waals surface area contributed by atoms with E-state index in [1.807, 2.05) is 95.9 Å². The third-order valence-electron chi connectivity index (χ3n) is 7.04. The fourth-order valence-corrected chi connectivity index (χ4v) is 5.28. The van der Waals surface area contributed by atoms with Gasteiger partial charge in [-0.05, 0) is 28.8 Å². The van der Waals surface area contributed by atoms with Crippen LogP contribution in [-0.2, 0) is 11.2 Å². The second kappa shape index (κ2) is 8.93. The summed E-state index contributed by atoms with van der Waals surface area (Å²) in [4.78, 5) is 44.1. The number of rotatable bonds is 6. The molecule has 0 bridgehead atoms. The molecule has 1 saturated heterocycles. The van der Waals surface area contributed by atoms with Crippen molar-refractivity contribution in [2.75, 3.05) is 0 Å². The Morgan fingerprint density at radius 1 is 0.611 bits per heavy atom. The van der Waals surface area contributed by atoms with Crippen LogP contribution in [0.1, 0.15) is 49.5 Å². The van der Waals surface area contributed by atoms with E-state index in [0.717, 1.165) is 16.7 Å². The summed E-state index contributed by atoms with van der Waals surface area (Å²) < 4.78 is 0. The van der Waals surface area contributed by atoms with Gasteiger partial charge in [-0.25, -0.2) is 0 Å². The molecular formula is C31H24N2O3. The van der Waals surface area contributed by atoms with Gasteiger partial charge in [-0.3, -0.25) is 19.3 Å². The first-order valence-corrected chi connectivity index (χ1v) is 12.1. The van der Waals surface area contributed by atoms with Crippen molar-refractivity contribution in [1.82, 2.24) is 9.80 Å². The molecular weight excluding hydrogens is 448 g/mol. The molecule has 176 valence electrons. The molecule has 3 atom stereocenters. The van der Waals surface area contributed by atoms with Crippen molar-refractivity contribution in [2.45, 2.75) is 24.5 Å². The molecule has 4 aromatic rings. The van der Waals surface area contributed by atoms with Crippen molar-refractivity contribution < 1.29 is 14.4 Å². The van der Waals surface area contributed by atoms with Crippen molar-refractivity contribution in [2.24, 2.45) is 0 Å². The molecule has 1 fully saturated rings. The van der Waals surface area contributed by atoms with Gasteiger partial charge in [0, 0.05) is 6.42 Å². The van der Waals surface area contributed by atoms with Gasteiger partial charge in [-0.2, -0.15) is 0 Å². The molecule has 2 heterocycles. The molecule has 0 aromatic heterocycles. The predicted molar refractivity (Wildman–Crippen MR) is 136 cm³/mol. The lowest BCUT2D eigenvalue weighted by Crippen LogP contribution is -2.48. The molecule has 4 aromatic carbocycles. The van der Waals surface area contributed by atoms with Gasteiger partial charge < -0.3 is 4.90 Å². The van der Waals surface area contributed by atoms with Crippen LogP contribution >= 0.6 is 0 Å². The molecule has 2 aliphatic heterocycles. The monoisotopic (exact) mass is 472 g/mol. The second-order valence-corrected chi connectivity index (χ2v) is 9.19. The highest BCUT2D eigenvalue weighted by Crippen LogP contribution is 2.55. The van der Waals surface area contributed by atoms with Gasteiger partial charge >= 0.3 is 0 Å². The van der Waals surface area contributed by atoms with E-state index in [2.05, 4.69) is 0 Å². The minimum atomic E-state index is -0.945. The lowest BCUT2D eigenvalue weighted by Gasteiger charge is -2.26. The van der Waals surface area contributed by atoms with Crippen LogP contribution in [0.3, 0.4) is 0 Å². The minimum Gasteiger partial charge on any atom is -0.322 e.